The van der Waals surface area contributed by atoms with E-state index in [4.69, 9.17) is 11.5 Å². The third-order valence-electron chi connectivity index (χ3n) is 15.0. The lowest BCUT2D eigenvalue weighted by Gasteiger charge is -2.36. The number of likely N-dealkylation sites (tertiary alicyclic amines) is 2. The topological polar surface area (TPSA) is 385 Å². The zero-order valence-corrected chi connectivity index (χ0v) is 50.5. The fourth-order valence-electron chi connectivity index (χ4n) is 10.0. The molecule has 0 aliphatic carbocycles. The molecule has 12 N–H and O–H groups in total. The van der Waals surface area contributed by atoms with Crippen molar-refractivity contribution in [2.75, 3.05) is 19.7 Å². The Kier molecular flexibility index (Phi) is 26.1. The number of hydrogen-bond acceptors (Lipinski definition) is 14. The molecule has 8 unspecified atom stereocenters. The van der Waals surface area contributed by atoms with Gasteiger partial charge in [-0.15, -0.1) is 0 Å². The van der Waals surface area contributed by atoms with Gasteiger partial charge in [-0.2, -0.15) is 0 Å². The van der Waals surface area contributed by atoms with Crippen molar-refractivity contribution in [3.05, 3.63) is 0 Å². The van der Waals surface area contributed by atoms with E-state index in [1.807, 2.05) is 41.5 Å². The summed E-state index contributed by atoms with van der Waals surface area (Å²) in [6.45, 7) is 23.6. The van der Waals surface area contributed by atoms with Gasteiger partial charge in [-0.1, -0.05) is 48.0 Å². The summed E-state index contributed by atoms with van der Waals surface area (Å²) in [6, 6.07) is -5.31. The van der Waals surface area contributed by atoms with Gasteiger partial charge in [0.2, 0.25) is 65.0 Å². The molecule has 2 rings (SSSR count). The first-order chi connectivity index (χ1) is 37.2. The summed E-state index contributed by atoms with van der Waals surface area (Å²) in [4.78, 5) is 178. The van der Waals surface area contributed by atoms with Crippen LogP contribution in [0.5, 0.6) is 0 Å². The molecule has 25 heteroatoms. The molecule has 0 aromatic carbocycles. The Morgan fingerprint density at radius 3 is 1.52 bits per heavy atom. The molecule has 2 aliphatic rings. The number of aliphatic hydroxyl groups excluding tert-OH is 1. The summed E-state index contributed by atoms with van der Waals surface area (Å²) in [7, 11) is 0. The molecule has 0 radical (unpaired) electrons. The van der Waals surface area contributed by atoms with Gasteiger partial charge in [0.25, 0.3) is 0 Å². The smallest absolute Gasteiger partial charge is 0.248 e. The number of Topliss-reactive ketones (excluding diaryl/α,β-unsaturated/α-hetero) is 2. The number of nitrogens with zero attached hydrogens (tertiary/aromatic N) is 2. The Balaban J connectivity index is 2.26. The normalized spacial score (nSPS) is 18.1. The van der Waals surface area contributed by atoms with Crippen LogP contribution < -0.4 is 48.7 Å². The molecule has 0 spiro atoms. The first-order valence-corrected chi connectivity index (χ1v) is 28.2. The van der Waals surface area contributed by atoms with Crippen molar-refractivity contribution in [2.45, 2.75) is 227 Å². The second kappa shape index (κ2) is 30.0. The van der Waals surface area contributed by atoms with Crippen molar-refractivity contribution in [3.8, 4) is 0 Å². The van der Waals surface area contributed by atoms with E-state index < -0.39 is 166 Å². The van der Waals surface area contributed by atoms with Gasteiger partial charge >= 0.3 is 0 Å². The molecular weight excluding hydrogens is 1050 g/mol. The maximum atomic E-state index is 14.4. The SMILES string of the molecule is CCC(C)C(CO)NC(=O)C1CCCN1C(=O)C(CC(C)C)NC(=O)C(CC(N)=O)NC(=O)C(C)(C)NC(=O)C1CCCN1C(=O)C(C)(C)NC(=O)C(CC(=O)C(C)(C)NC(=O)C(CC(N)=O)CC(=O)C(C)(C)NC(C)=O)CC(C)C. The molecule has 0 aromatic heterocycles. The van der Waals surface area contributed by atoms with Crippen LogP contribution in [0.4, 0.5) is 0 Å². The second-order valence-corrected chi connectivity index (χ2v) is 25.0. The summed E-state index contributed by atoms with van der Waals surface area (Å²) in [5.74, 6) is -11.8. The van der Waals surface area contributed by atoms with E-state index in [0.717, 1.165) is 0 Å². The van der Waals surface area contributed by atoms with E-state index in [-0.39, 0.29) is 56.7 Å². The third-order valence-corrected chi connectivity index (χ3v) is 15.0. The second-order valence-electron chi connectivity index (χ2n) is 25.0. The number of hydrogen-bond donors (Lipinski definition) is 10. The fourth-order valence-corrected chi connectivity index (χ4v) is 10.0. The van der Waals surface area contributed by atoms with Crippen LogP contribution in [0.25, 0.3) is 0 Å². The van der Waals surface area contributed by atoms with Gasteiger partial charge < -0.3 is 63.6 Å². The highest BCUT2D eigenvalue weighted by molar-refractivity contribution is 6.02. The predicted molar refractivity (Wildman–Crippen MR) is 299 cm³/mol. The Morgan fingerprint density at radius 2 is 1.02 bits per heavy atom. The van der Waals surface area contributed by atoms with Gasteiger partial charge in [-0.3, -0.25) is 62.3 Å². The maximum Gasteiger partial charge on any atom is 0.248 e. The number of carbonyl (C=O) groups excluding carboxylic acids is 13. The minimum atomic E-state index is -1.78. The summed E-state index contributed by atoms with van der Waals surface area (Å²) >= 11 is 0. The Labute approximate surface area is 477 Å². The van der Waals surface area contributed by atoms with Crippen molar-refractivity contribution in [1.82, 2.24) is 47.0 Å². The monoisotopic (exact) mass is 1150 g/mol. The predicted octanol–water partition coefficient (Wildman–Crippen LogP) is 0.0541. The fraction of sp³-hybridized carbons (Fsp3) is 0.768. The number of aliphatic hydroxyl groups is 1. The van der Waals surface area contributed by atoms with Crippen molar-refractivity contribution in [3.63, 3.8) is 0 Å². The van der Waals surface area contributed by atoms with E-state index in [2.05, 4.69) is 37.2 Å². The van der Waals surface area contributed by atoms with Gasteiger partial charge in [-0.05, 0) is 112 Å². The zero-order chi connectivity index (χ0) is 62.3. The van der Waals surface area contributed by atoms with Crippen LogP contribution in [0.2, 0.25) is 0 Å². The molecule has 8 atom stereocenters. The first-order valence-electron chi connectivity index (χ1n) is 28.2. The van der Waals surface area contributed by atoms with Crippen molar-refractivity contribution in [1.29, 1.82) is 0 Å². The van der Waals surface area contributed by atoms with Gasteiger partial charge in [0.1, 0.15) is 35.2 Å². The zero-order valence-electron chi connectivity index (χ0n) is 50.5. The molecule has 25 nitrogen and oxygen atoms in total. The largest absolute Gasteiger partial charge is 0.394 e. The Hall–Kier alpha value is -6.53. The lowest BCUT2D eigenvalue weighted by atomic mass is 9.84. The van der Waals surface area contributed by atoms with E-state index in [0.29, 0.717) is 25.7 Å². The Morgan fingerprint density at radius 1 is 0.543 bits per heavy atom. The molecule has 2 aliphatic heterocycles. The molecule has 0 saturated carbocycles. The van der Waals surface area contributed by atoms with Crippen LogP contribution >= 0.6 is 0 Å². The first kappa shape index (κ1) is 70.6. The van der Waals surface area contributed by atoms with Gasteiger partial charge in [0.05, 0.1) is 36.1 Å². The lowest BCUT2D eigenvalue weighted by Crippen LogP contribution is -2.64. The minimum absolute atomic E-state index is 0.0353. The van der Waals surface area contributed by atoms with Crippen LogP contribution in [0.1, 0.15) is 174 Å². The molecule has 0 bridgehead atoms. The molecule has 11 amide bonds. The highest BCUT2D eigenvalue weighted by Gasteiger charge is 2.46. The standard InChI is InChI=1S/C56H95N11O14/c1-16-32(6)38(29-68)60-48(77)39-19-17-21-66(39)50(79)37(24-31(4)5)59-47(76)36(28-44(58)73)61-51(80)55(12,13)65-49(78)40-20-18-22-67(40)52(81)56(14,15)64-45(74)34(23-30(2)3)25-42(71)54(10,11)63-46(75)35(27-43(57)72)26-41(70)53(8,9)62-33(7)69/h30-32,34-40,68H,16-29H2,1-15H3,(H2,57,72)(H2,58,73)(H,59,76)(H,60,77)(H,61,80)(H,62,69)(H,63,75)(H,64,74)(H,65,78). The van der Waals surface area contributed by atoms with E-state index in [9.17, 15) is 67.4 Å². The lowest BCUT2D eigenvalue weighted by molar-refractivity contribution is -0.146. The number of amides is 11. The molecule has 0 aromatic rings. The molecule has 458 valence electrons. The van der Waals surface area contributed by atoms with Crippen molar-refractivity contribution >= 4 is 76.5 Å². The number of primary amides is 2. The third kappa shape index (κ3) is 21.1. The van der Waals surface area contributed by atoms with E-state index >= 15 is 0 Å². The summed E-state index contributed by atoms with van der Waals surface area (Å²) in [5.41, 5.74) is 4.51. The summed E-state index contributed by atoms with van der Waals surface area (Å²) in [5, 5.41) is 28.5. The van der Waals surface area contributed by atoms with Crippen LogP contribution in [0.3, 0.4) is 0 Å². The van der Waals surface area contributed by atoms with Gasteiger partial charge in [0.15, 0.2) is 11.6 Å². The van der Waals surface area contributed by atoms with E-state index in [1.54, 1.807) is 0 Å². The molecule has 2 fully saturated rings. The van der Waals surface area contributed by atoms with E-state index in [1.165, 1.54) is 72.1 Å². The number of nitrogens with one attached hydrogen (secondary N) is 7. The molecule has 81 heavy (non-hydrogen) atoms. The highest BCUT2D eigenvalue weighted by atomic mass is 16.3. The van der Waals surface area contributed by atoms with Crippen LogP contribution in [-0.2, 0) is 62.3 Å². The van der Waals surface area contributed by atoms with Crippen molar-refractivity contribution in [2.24, 2.45) is 41.1 Å². The number of carbonyl (C=O) groups is 13. The molecule has 2 saturated heterocycles. The average Bonchev–Trinajstić information content (AvgIpc) is 4.04. The van der Waals surface area contributed by atoms with Crippen LogP contribution in [0.15, 0.2) is 0 Å². The highest BCUT2D eigenvalue weighted by Crippen LogP contribution is 2.27. The number of nitrogens with two attached hydrogens (primary N) is 2. The van der Waals surface area contributed by atoms with Gasteiger partial charge in [-0.25, -0.2) is 0 Å². The maximum absolute atomic E-state index is 14.4. The summed E-state index contributed by atoms with van der Waals surface area (Å²) < 4.78 is 0. The van der Waals surface area contributed by atoms with Crippen LogP contribution in [-0.4, -0.2) is 164 Å². The molecule has 2 heterocycles. The van der Waals surface area contributed by atoms with Crippen LogP contribution in [0, 0.1) is 29.6 Å². The quantitative estimate of drug-likeness (QED) is 0.0426. The van der Waals surface area contributed by atoms with Gasteiger partial charge in [0, 0.05) is 45.2 Å². The minimum Gasteiger partial charge on any atom is -0.394 e. The summed E-state index contributed by atoms with van der Waals surface area (Å²) in [6.07, 6.45) is 0.310. The molecular formula is C56H95N11O14. The Bertz CT molecular complexity index is 2350. The average molecular weight is 1150 g/mol. The number of rotatable bonds is 32. The number of ketones is 2. The van der Waals surface area contributed by atoms with Crippen molar-refractivity contribution < 1.29 is 67.4 Å².